The second kappa shape index (κ2) is 11.5. The Labute approximate surface area is 274 Å². The van der Waals surface area contributed by atoms with Crippen LogP contribution in [-0.2, 0) is 4.79 Å². The van der Waals surface area contributed by atoms with Crippen molar-refractivity contribution in [1.29, 1.82) is 0 Å². The predicted molar refractivity (Wildman–Crippen MR) is 205 cm³/mol. The molecule has 1 saturated heterocycles. The first-order valence-electron chi connectivity index (χ1n) is 15.9. The molecule has 228 valence electrons. The average Bonchev–Trinajstić information content (AvgIpc) is 3.11. The van der Waals surface area contributed by atoms with Gasteiger partial charge in [0.25, 0.3) is 0 Å². The second-order valence-electron chi connectivity index (χ2n) is 12.9. The fourth-order valence-corrected chi connectivity index (χ4v) is 29.4. The average molecular weight is 652 g/mol. The van der Waals surface area contributed by atoms with Gasteiger partial charge in [-0.25, -0.2) is 0 Å². The number of hydrogen-bond donors (Lipinski definition) is 0. The zero-order valence-electron chi connectivity index (χ0n) is 26.6. The van der Waals surface area contributed by atoms with E-state index in [-0.39, 0.29) is 5.91 Å². The summed E-state index contributed by atoms with van der Waals surface area (Å²) >= 11 is 0. The quantitative estimate of drug-likeness (QED) is 0.132. The SMILES string of the molecule is C[Si](C)(C)N1C(=O)C(=P(c2ccccc2)(c2ccccc2)c2ccccc2)P1(c1ccccc1)(c1ccccc1)c1ccccc1. The van der Waals surface area contributed by atoms with Crippen molar-refractivity contribution in [3.05, 3.63) is 182 Å². The summed E-state index contributed by atoms with van der Waals surface area (Å²) in [6, 6.07) is 65.7. The molecule has 0 aliphatic carbocycles. The molecule has 0 atom stereocenters. The van der Waals surface area contributed by atoms with Gasteiger partial charge in [0.1, 0.15) is 0 Å². The molecule has 0 unspecified atom stereocenters. The molecule has 46 heavy (non-hydrogen) atoms. The molecule has 6 aromatic rings. The summed E-state index contributed by atoms with van der Waals surface area (Å²) < 4.78 is 2.46. The summed E-state index contributed by atoms with van der Waals surface area (Å²) in [5.41, 5.74) is 0. The van der Waals surface area contributed by atoms with E-state index in [9.17, 15) is 0 Å². The summed E-state index contributed by atoms with van der Waals surface area (Å²) in [4.78, 5) is 15.9. The second-order valence-corrected chi connectivity index (χ2v) is 26.3. The molecule has 1 amide bonds. The van der Waals surface area contributed by atoms with E-state index in [2.05, 4.69) is 206 Å². The van der Waals surface area contributed by atoms with Crippen LogP contribution in [0.4, 0.5) is 0 Å². The number of rotatable bonds is 7. The first-order valence-corrected chi connectivity index (χ1v) is 23.3. The van der Waals surface area contributed by atoms with Crippen LogP contribution in [0.25, 0.3) is 0 Å². The number of benzene rings is 6. The third-order valence-electron chi connectivity index (χ3n) is 9.36. The van der Waals surface area contributed by atoms with Gasteiger partial charge < -0.3 is 0 Å². The molecular weight excluding hydrogens is 612 g/mol. The number of carbonyl (C=O) groups is 1. The molecule has 0 saturated carbocycles. The minimum atomic E-state index is -3.91. The summed E-state index contributed by atoms with van der Waals surface area (Å²) in [6.07, 6.45) is 0. The van der Waals surface area contributed by atoms with Gasteiger partial charge in [-0.2, -0.15) is 0 Å². The summed E-state index contributed by atoms with van der Waals surface area (Å²) in [5, 5.41) is 8.31. The Hall–Kier alpha value is -4.26. The van der Waals surface area contributed by atoms with Crippen LogP contribution in [0.2, 0.25) is 19.6 Å². The van der Waals surface area contributed by atoms with Crippen molar-refractivity contribution in [2.45, 2.75) is 19.6 Å². The molecule has 1 fully saturated rings. The summed E-state index contributed by atoms with van der Waals surface area (Å²) in [5.74, 6) is 0.193. The van der Waals surface area contributed by atoms with Gasteiger partial charge in [-0.1, -0.05) is 0 Å². The van der Waals surface area contributed by atoms with Crippen LogP contribution in [0.1, 0.15) is 0 Å². The Kier molecular flexibility index (Phi) is 7.61. The molecule has 1 aliphatic heterocycles. The number of amides is 1. The van der Waals surface area contributed by atoms with Gasteiger partial charge in [0.15, 0.2) is 0 Å². The molecule has 5 heteroatoms. The summed E-state index contributed by atoms with van der Waals surface area (Å²) in [7, 11) is -2.38. The molecule has 2 nitrogen and oxygen atoms in total. The zero-order chi connectivity index (χ0) is 31.9. The van der Waals surface area contributed by atoms with E-state index < -0.39 is 21.9 Å². The maximum absolute atomic E-state index is 15.9. The zero-order valence-corrected chi connectivity index (χ0v) is 29.4. The number of carbonyl (C=O) groups excluding carboxylic acids is 1. The first kappa shape index (κ1) is 30.4. The maximum atomic E-state index is 15.9. The molecule has 1 aliphatic rings. The van der Waals surface area contributed by atoms with Crippen molar-refractivity contribution in [2.24, 2.45) is 0 Å². The van der Waals surface area contributed by atoms with Gasteiger partial charge in [0.2, 0.25) is 0 Å². The van der Waals surface area contributed by atoms with Gasteiger partial charge in [0, 0.05) is 0 Å². The molecule has 7 rings (SSSR count). The summed E-state index contributed by atoms with van der Waals surface area (Å²) in [6.45, 7) is 0.313. The Morgan fingerprint density at radius 1 is 0.435 bits per heavy atom. The normalized spacial score (nSPS) is 16.6. The number of hydrogen-bond acceptors (Lipinski definition) is 1. The monoisotopic (exact) mass is 651 g/mol. The third kappa shape index (κ3) is 4.02. The Morgan fingerprint density at radius 2 is 0.696 bits per heavy atom. The van der Waals surface area contributed by atoms with E-state index in [0.29, 0.717) is 0 Å². The fraction of sp³-hybridized carbons (Fsp3) is 0.0732. The Bertz CT molecular complexity index is 1840. The standard InChI is InChI=1S/C41H39NOP2Si/c1-46(2,3)42-40(43)41(44(34-22-10-4-11-23-34,35-24-12-5-13-25-35)36-26-14-6-15-27-36)45(42,37-28-16-7-17-29-37,38-30-18-8-19-31-38)39-32-20-9-21-33-39/h4-33H,1-3H3. The van der Waals surface area contributed by atoms with Gasteiger partial charge in [-0.05, 0) is 0 Å². The van der Waals surface area contributed by atoms with Crippen molar-refractivity contribution < 1.29 is 4.79 Å². The van der Waals surface area contributed by atoms with Gasteiger partial charge in [-0.15, -0.1) is 0 Å². The Balaban J connectivity index is 1.92. The molecule has 0 radical (unpaired) electrons. The minimum absolute atomic E-state index is 0.193. The van der Waals surface area contributed by atoms with Crippen molar-refractivity contribution in [1.82, 2.24) is 4.34 Å². The van der Waals surface area contributed by atoms with Crippen molar-refractivity contribution in [3.8, 4) is 0 Å². The molecule has 0 N–H and O–H groups in total. The first-order chi connectivity index (χ1) is 22.4. The third-order valence-corrected chi connectivity index (χ3v) is 25.9. The van der Waals surface area contributed by atoms with E-state index in [1.54, 1.807) is 0 Å². The molecule has 6 aromatic carbocycles. The topological polar surface area (TPSA) is 20.3 Å². The van der Waals surface area contributed by atoms with E-state index in [4.69, 9.17) is 0 Å². The molecule has 0 aromatic heterocycles. The van der Waals surface area contributed by atoms with Gasteiger partial charge in [0.05, 0.1) is 0 Å². The van der Waals surface area contributed by atoms with Crippen molar-refractivity contribution >= 4 is 64.6 Å². The van der Waals surface area contributed by atoms with Crippen LogP contribution < -0.4 is 31.8 Å². The van der Waals surface area contributed by atoms with Crippen LogP contribution in [0.3, 0.4) is 0 Å². The van der Waals surface area contributed by atoms with Crippen molar-refractivity contribution in [3.63, 3.8) is 0 Å². The number of nitrogens with zero attached hydrogens (tertiary/aromatic N) is 1. The fourth-order valence-electron chi connectivity index (χ4n) is 7.94. The van der Waals surface area contributed by atoms with E-state index in [1.807, 2.05) is 0 Å². The van der Waals surface area contributed by atoms with Crippen LogP contribution >= 0.6 is 13.6 Å². The molecular formula is C41H39NOP2Si. The molecule has 1 heterocycles. The van der Waals surface area contributed by atoms with Gasteiger partial charge >= 0.3 is 275 Å². The Morgan fingerprint density at radius 3 is 0.957 bits per heavy atom. The van der Waals surface area contributed by atoms with E-state index >= 15 is 4.79 Å². The van der Waals surface area contributed by atoms with Crippen LogP contribution in [0, 0.1) is 0 Å². The molecule has 0 spiro atoms. The predicted octanol–water partition coefficient (Wildman–Crippen LogP) is 7.23. The van der Waals surface area contributed by atoms with Crippen LogP contribution in [-0.4, -0.2) is 23.5 Å². The van der Waals surface area contributed by atoms with Crippen LogP contribution in [0.5, 0.6) is 0 Å². The van der Waals surface area contributed by atoms with Crippen LogP contribution in [0.15, 0.2) is 182 Å². The van der Waals surface area contributed by atoms with Gasteiger partial charge in [-0.3, -0.25) is 0 Å². The van der Waals surface area contributed by atoms with E-state index in [0.717, 1.165) is 5.03 Å². The van der Waals surface area contributed by atoms with Crippen molar-refractivity contribution in [2.75, 3.05) is 0 Å². The molecule has 0 bridgehead atoms. The van der Waals surface area contributed by atoms with E-state index in [1.165, 1.54) is 31.8 Å².